The Morgan fingerprint density at radius 1 is 1.21 bits per heavy atom. The first-order valence-electron chi connectivity index (χ1n) is 6.78. The SMILES string of the molecule is CCc1c(Cl)[nH]c(=O)n(CCCN(CC)CC)c1=O. The van der Waals surface area contributed by atoms with Crippen molar-refractivity contribution in [3.63, 3.8) is 0 Å². The predicted molar refractivity (Wildman–Crippen MR) is 78.1 cm³/mol. The van der Waals surface area contributed by atoms with E-state index in [1.165, 1.54) is 4.57 Å². The summed E-state index contributed by atoms with van der Waals surface area (Å²) in [5, 5.41) is 0.164. The Kier molecular flexibility index (Phi) is 6.31. The number of aromatic amines is 1. The van der Waals surface area contributed by atoms with E-state index in [-0.39, 0.29) is 10.7 Å². The second-order valence-corrected chi connectivity index (χ2v) is 4.79. The molecule has 5 nitrogen and oxygen atoms in total. The normalized spacial score (nSPS) is 11.2. The lowest BCUT2D eigenvalue weighted by atomic mass is 10.2. The van der Waals surface area contributed by atoms with Crippen LogP contribution in [-0.4, -0.2) is 34.1 Å². The van der Waals surface area contributed by atoms with Gasteiger partial charge in [-0.2, -0.15) is 0 Å². The predicted octanol–water partition coefficient (Wildman–Crippen LogP) is 1.48. The Morgan fingerprint density at radius 2 is 1.84 bits per heavy atom. The maximum absolute atomic E-state index is 12.1. The Hall–Kier alpha value is -1.07. The summed E-state index contributed by atoms with van der Waals surface area (Å²) in [4.78, 5) is 28.6. The van der Waals surface area contributed by atoms with Crippen molar-refractivity contribution < 1.29 is 0 Å². The van der Waals surface area contributed by atoms with Crippen molar-refractivity contribution in [3.05, 3.63) is 31.6 Å². The smallest absolute Gasteiger partial charge is 0.304 e. The molecule has 1 aromatic heterocycles. The zero-order valence-electron chi connectivity index (χ0n) is 11.8. The molecule has 0 radical (unpaired) electrons. The van der Waals surface area contributed by atoms with E-state index < -0.39 is 5.69 Å². The third-order valence-corrected chi connectivity index (χ3v) is 3.66. The zero-order valence-corrected chi connectivity index (χ0v) is 12.6. The van der Waals surface area contributed by atoms with Crippen molar-refractivity contribution in [3.8, 4) is 0 Å². The van der Waals surface area contributed by atoms with Crippen molar-refractivity contribution in [2.75, 3.05) is 19.6 Å². The summed E-state index contributed by atoms with van der Waals surface area (Å²) in [7, 11) is 0. The Balaban J connectivity index is 2.85. The van der Waals surface area contributed by atoms with Gasteiger partial charge in [-0.25, -0.2) is 4.79 Å². The van der Waals surface area contributed by atoms with Crippen molar-refractivity contribution in [1.82, 2.24) is 14.5 Å². The molecular formula is C13H22ClN3O2. The topological polar surface area (TPSA) is 58.1 Å². The molecule has 1 rings (SSSR count). The minimum absolute atomic E-state index is 0.164. The summed E-state index contributed by atoms with van der Waals surface area (Å²) in [6, 6.07) is 0. The molecule has 0 aromatic carbocycles. The minimum Gasteiger partial charge on any atom is -0.304 e. The number of nitrogens with one attached hydrogen (secondary N) is 1. The fourth-order valence-corrected chi connectivity index (χ4v) is 2.38. The molecule has 1 N–H and O–H groups in total. The van der Waals surface area contributed by atoms with Gasteiger partial charge in [0.2, 0.25) is 0 Å². The van der Waals surface area contributed by atoms with Gasteiger partial charge in [0, 0.05) is 6.54 Å². The lowest BCUT2D eigenvalue weighted by molar-refractivity contribution is 0.291. The standard InChI is InChI=1S/C13H22ClN3O2/c1-4-10-11(14)15-13(19)17(12(10)18)9-7-8-16(5-2)6-3/h4-9H2,1-3H3,(H,15,19). The highest BCUT2D eigenvalue weighted by molar-refractivity contribution is 6.30. The maximum Gasteiger partial charge on any atom is 0.329 e. The fourth-order valence-electron chi connectivity index (χ4n) is 2.09. The largest absolute Gasteiger partial charge is 0.329 e. The summed E-state index contributed by atoms with van der Waals surface area (Å²) in [5.41, 5.74) is -0.216. The van der Waals surface area contributed by atoms with Crippen LogP contribution >= 0.6 is 11.6 Å². The number of nitrogens with zero attached hydrogens (tertiary/aromatic N) is 2. The van der Waals surface area contributed by atoms with Crippen LogP contribution in [0.5, 0.6) is 0 Å². The van der Waals surface area contributed by atoms with Gasteiger partial charge >= 0.3 is 5.69 Å². The van der Waals surface area contributed by atoms with E-state index in [1.54, 1.807) is 0 Å². The number of H-pyrrole nitrogens is 1. The van der Waals surface area contributed by atoms with Gasteiger partial charge in [-0.3, -0.25) is 14.3 Å². The average Bonchev–Trinajstić information content (AvgIpc) is 2.38. The zero-order chi connectivity index (χ0) is 14.4. The molecule has 1 aromatic rings. The van der Waals surface area contributed by atoms with Crippen LogP contribution in [0.4, 0.5) is 0 Å². The number of rotatable bonds is 7. The molecule has 19 heavy (non-hydrogen) atoms. The van der Waals surface area contributed by atoms with Gasteiger partial charge in [-0.1, -0.05) is 32.4 Å². The van der Waals surface area contributed by atoms with E-state index in [1.807, 2.05) is 6.92 Å². The van der Waals surface area contributed by atoms with Gasteiger partial charge in [-0.15, -0.1) is 0 Å². The summed E-state index contributed by atoms with van der Waals surface area (Å²) in [6.07, 6.45) is 1.29. The van der Waals surface area contributed by atoms with E-state index in [0.717, 1.165) is 26.1 Å². The van der Waals surface area contributed by atoms with Crippen LogP contribution in [0.3, 0.4) is 0 Å². The molecule has 0 atom stereocenters. The summed E-state index contributed by atoms with van der Waals surface area (Å²) >= 11 is 5.86. The molecule has 108 valence electrons. The lowest BCUT2D eigenvalue weighted by Gasteiger charge is -2.17. The molecule has 6 heteroatoms. The minimum atomic E-state index is -0.424. The molecular weight excluding hydrogens is 266 g/mol. The third-order valence-electron chi connectivity index (χ3n) is 3.33. The molecule has 0 fully saturated rings. The van der Waals surface area contributed by atoms with Gasteiger partial charge in [0.15, 0.2) is 0 Å². The molecule has 0 amide bonds. The Bertz CT molecular complexity index is 518. The van der Waals surface area contributed by atoms with Gasteiger partial charge in [0.1, 0.15) is 5.15 Å². The molecule has 0 bridgehead atoms. The molecule has 0 saturated carbocycles. The van der Waals surface area contributed by atoms with Crippen molar-refractivity contribution in [1.29, 1.82) is 0 Å². The van der Waals surface area contributed by atoms with E-state index in [4.69, 9.17) is 11.6 Å². The van der Waals surface area contributed by atoms with Crippen LogP contribution in [0.2, 0.25) is 5.15 Å². The van der Waals surface area contributed by atoms with Crippen molar-refractivity contribution in [2.24, 2.45) is 0 Å². The molecule has 0 unspecified atom stereocenters. The summed E-state index contributed by atoms with van der Waals surface area (Å²) in [5.74, 6) is 0. The highest BCUT2D eigenvalue weighted by Crippen LogP contribution is 2.05. The quantitative estimate of drug-likeness (QED) is 0.773. The fraction of sp³-hybridized carbons (Fsp3) is 0.692. The molecule has 0 aliphatic rings. The second-order valence-electron chi connectivity index (χ2n) is 4.41. The monoisotopic (exact) mass is 287 g/mol. The Labute approximate surface area is 118 Å². The van der Waals surface area contributed by atoms with Crippen molar-refractivity contribution in [2.45, 2.75) is 40.2 Å². The number of hydrogen-bond donors (Lipinski definition) is 1. The first kappa shape index (κ1) is 16.0. The van der Waals surface area contributed by atoms with E-state index in [0.29, 0.717) is 18.5 Å². The van der Waals surface area contributed by atoms with Crippen LogP contribution in [0.25, 0.3) is 0 Å². The average molecular weight is 288 g/mol. The van der Waals surface area contributed by atoms with E-state index in [2.05, 4.69) is 23.7 Å². The van der Waals surface area contributed by atoms with Gasteiger partial charge in [0.25, 0.3) is 5.56 Å². The van der Waals surface area contributed by atoms with Crippen molar-refractivity contribution >= 4 is 11.6 Å². The van der Waals surface area contributed by atoms with E-state index >= 15 is 0 Å². The van der Waals surface area contributed by atoms with E-state index in [9.17, 15) is 9.59 Å². The maximum atomic E-state index is 12.1. The molecule has 0 saturated heterocycles. The third kappa shape index (κ3) is 3.94. The Morgan fingerprint density at radius 3 is 2.37 bits per heavy atom. The van der Waals surface area contributed by atoms with Crippen LogP contribution < -0.4 is 11.2 Å². The van der Waals surface area contributed by atoms with Crippen LogP contribution in [0.1, 0.15) is 32.8 Å². The molecule has 0 aliphatic heterocycles. The summed E-state index contributed by atoms with van der Waals surface area (Å²) in [6.45, 7) is 9.30. The van der Waals surface area contributed by atoms with Gasteiger partial charge in [0.05, 0.1) is 5.56 Å². The lowest BCUT2D eigenvalue weighted by Crippen LogP contribution is -2.38. The number of aromatic nitrogens is 2. The second kappa shape index (κ2) is 7.50. The van der Waals surface area contributed by atoms with Gasteiger partial charge in [-0.05, 0) is 32.5 Å². The van der Waals surface area contributed by atoms with Crippen LogP contribution in [-0.2, 0) is 13.0 Å². The summed E-state index contributed by atoms with van der Waals surface area (Å²) < 4.78 is 1.24. The first-order valence-corrected chi connectivity index (χ1v) is 7.16. The highest BCUT2D eigenvalue weighted by atomic mass is 35.5. The molecule has 1 heterocycles. The first-order chi connectivity index (χ1) is 9.04. The molecule has 0 aliphatic carbocycles. The molecule has 0 spiro atoms. The number of hydrogen-bond acceptors (Lipinski definition) is 3. The number of halogens is 1. The van der Waals surface area contributed by atoms with Crippen LogP contribution in [0, 0.1) is 0 Å². The van der Waals surface area contributed by atoms with Crippen LogP contribution in [0.15, 0.2) is 9.59 Å². The van der Waals surface area contributed by atoms with Gasteiger partial charge < -0.3 is 4.90 Å². The highest BCUT2D eigenvalue weighted by Gasteiger charge is 2.11.